The van der Waals surface area contributed by atoms with Gasteiger partial charge in [-0.25, -0.2) is 4.39 Å². The number of benzene rings is 1. The minimum atomic E-state index is -1.47. The Morgan fingerprint density at radius 3 is 2.76 bits per heavy atom. The predicted molar refractivity (Wildman–Crippen MR) is 68.9 cm³/mol. The van der Waals surface area contributed by atoms with Gasteiger partial charge in [0.2, 0.25) is 5.82 Å². The molecule has 1 heterocycles. The summed E-state index contributed by atoms with van der Waals surface area (Å²) in [7, 11) is 0. The van der Waals surface area contributed by atoms with Crippen LogP contribution in [-0.2, 0) is 4.74 Å². The Morgan fingerprint density at radius 2 is 2.19 bits per heavy atom. The molecule has 6 nitrogen and oxygen atoms in total. The van der Waals surface area contributed by atoms with Crippen LogP contribution in [0.4, 0.5) is 14.5 Å². The van der Waals surface area contributed by atoms with Gasteiger partial charge in [0.05, 0.1) is 17.1 Å². The molecule has 1 fully saturated rings. The van der Waals surface area contributed by atoms with E-state index in [1.165, 1.54) is 0 Å². The Morgan fingerprint density at radius 1 is 1.48 bits per heavy atom. The summed E-state index contributed by atoms with van der Waals surface area (Å²) < 4.78 is 32.8. The lowest BCUT2D eigenvalue weighted by Gasteiger charge is -2.34. The van der Waals surface area contributed by atoms with E-state index in [1.54, 1.807) is 6.92 Å². The summed E-state index contributed by atoms with van der Waals surface area (Å²) in [6, 6.07) is 1.39. The Labute approximate surface area is 119 Å². The van der Waals surface area contributed by atoms with Crippen molar-refractivity contribution in [1.29, 1.82) is 0 Å². The summed E-state index contributed by atoms with van der Waals surface area (Å²) in [4.78, 5) is 21.7. The maximum Gasteiger partial charge on any atom is 0.305 e. The minimum Gasteiger partial charge on any atom is -0.379 e. The normalized spacial score (nSPS) is 21.9. The van der Waals surface area contributed by atoms with Crippen LogP contribution in [0.5, 0.6) is 0 Å². The van der Waals surface area contributed by atoms with Crippen LogP contribution in [0.1, 0.15) is 30.1 Å². The number of nitro benzene ring substituents is 1. The molecular formula is C13H14F2N2O4. The number of nitrogens with one attached hydrogen (secondary N) is 1. The number of nitrogens with zero attached hydrogens (tertiary/aromatic N) is 1. The van der Waals surface area contributed by atoms with Crippen LogP contribution in [0.3, 0.4) is 0 Å². The van der Waals surface area contributed by atoms with E-state index in [0.717, 1.165) is 0 Å². The number of rotatable bonds is 3. The standard InChI is InChI=1S/C13H14F2N2O4/c1-13(5-2-6-21-7-13)16-12(18)10-8(14)3-4-9(11(10)15)17(19)20/h3-4H,2,5-7H2,1H3,(H,16,18). The van der Waals surface area contributed by atoms with Gasteiger partial charge in [0.1, 0.15) is 11.4 Å². The zero-order valence-corrected chi connectivity index (χ0v) is 11.3. The van der Waals surface area contributed by atoms with Crippen molar-refractivity contribution in [1.82, 2.24) is 5.32 Å². The Hall–Kier alpha value is -2.09. The quantitative estimate of drug-likeness (QED) is 0.685. The smallest absolute Gasteiger partial charge is 0.305 e. The highest BCUT2D eigenvalue weighted by molar-refractivity contribution is 5.96. The first kappa shape index (κ1) is 15.3. The molecule has 1 unspecified atom stereocenters. The zero-order chi connectivity index (χ0) is 15.6. The molecule has 0 bridgehead atoms. The molecule has 0 aromatic heterocycles. The number of carbonyl (C=O) groups excluding carboxylic acids is 1. The monoisotopic (exact) mass is 300 g/mol. The van der Waals surface area contributed by atoms with E-state index in [1.807, 2.05) is 0 Å². The van der Waals surface area contributed by atoms with Gasteiger partial charge in [-0.2, -0.15) is 4.39 Å². The molecule has 1 aliphatic rings. The highest BCUT2D eigenvalue weighted by Gasteiger charge is 2.33. The molecule has 114 valence electrons. The molecular weight excluding hydrogens is 286 g/mol. The summed E-state index contributed by atoms with van der Waals surface area (Å²) in [6.45, 7) is 2.47. The summed E-state index contributed by atoms with van der Waals surface area (Å²) in [6.07, 6.45) is 1.30. The van der Waals surface area contributed by atoms with Crippen LogP contribution < -0.4 is 5.32 Å². The molecule has 1 aromatic rings. The number of nitro groups is 1. The van der Waals surface area contributed by atoms with Crippen molar-refractivity contribution in [3.8, 4) is 0 Å². The highest BCUT2D eigenvalue weighted by Crippen LogP contribution is 2.25. The maximum absolute atomic E-state index is 13.9. The van der Waals surface area contributed by atoms with Crippen molar-refractivity contribution in [2.45, 2.75) is 25.3 Å². The van der Waals surface area contributed by atoms with Crippen LogP contribution in [0.2, 0.25) is 0 Å². The second-order valence-electron chi connectivity index (χ2n) is 5.18. The molecule has 0 radical (unpaired) electrons. The van der Waals surface area contributed by atoms with Crippen LogP contribution in [0.25, 0.3) is 0 Å². The number of hydrogen-bond acceptors (Lipinski definition) is 4. The molecule has 1 N–H and O–H groups in total. The molecule has 1 aliphatic heterocycles. The van der Waals surface area contributed by atoms with E-state index in [2.05, 4.69) is 5.32 Å². The first-order valence-corrected chi connectivity index (χ1v) is 6.37. The van der Waals surface area contributed by atoms with Gasteiger partial charge in [-0.15, -0.1) is 0 Å². The lowest BCUT2D eigenvalue weighted by atomic mass is 9.94. The lowest BCUT2D eigenvalue weighted by molar-refractivity contribution is -0.387. The topological polar surface area (TPSA) is 81.5 Å². The third-order valence-corrected chi connectivity index (χ3v) is 3.35. The van der Waals surface area contributed by atoms with Crippen LogP contribution in [0, 0.1) is 21.7 Å². The SMILES string of the molecule is CC1(NC(=O)c2c(F)ccc([N+](=O)[O-])c2F)CCCOC1. The van der Waals surface area contributed by atoms with Crippen molar-refractivity contribution < 1.29 is 23.2 Å². The van der Waals surface area contributed by atoms with E-state index in [0.29, 0.717) is 31.6 Å². The van der Waals surface area contributed by atoms with E-state index in [9.17, 15) is 23.7 Å². The number of halogens is 2. The molecule has 1 amide bonds. The number of amides is 1. The van der Waals surface area contributed by atoms with Gasteiger partial charge in [0.15, 0.2) is 0 Å². The van der Waals surface area contributed by atoms with Crippen molar-refractivity contribution in [3.63, 3.8) is 0 Å². The van der Waals surface area contributed by atoms with E-state index >= 15 is 0 Å². The van der Waals surface area contributed by atoms with Gasteiger partial charge in [-0.05, 0) is 25.8 Å². The van der Waals surface area contributed by atoms with Gasteiger partial charge >= 0.3 is 5.69 Å². The Kier molecular flexibility index (Phi) is 4.17. The highest BCUT2D eigenvalue weighted by atomic mass is 19.1. The molecule has 1 saturated heterocycles. The van der Waals surface area contributed by atoms with Crippen molar-refractivity contribution >= 4 is 11.6 Å². The fourth-order valence-corrected chi connectivity index (χ4v) is 2.26. The summed E-state index contributed by atoms with van der Waals surface area (Å²) in [5, 5.41) is 13.1. The summed E-state index contributed by atoms with van der Waals surface area (Å²) >= 11 is 0. The molecule has 8 heteroatoms. The average Bonchev–Trinajstić information content (AvgIpc) is 2.38. The van der Waals surface area contributed by atoms with Gasteiger partial charge in [-0.3, -0.25) is 14.9 Å². The minimum absolute atomic E-state index is 0.219. The zero-order valence-electron chi connectivity index (χ0n) is 11.3. The van der Waals surface area contributed by atoms with E-state index in [4.69, 9.17) is 4.74 Å². The fraction of sp³-hybridized carbons (Fsp3) is 0.462. The van der Waals surface area contributed by atoms with Gasteiger partial charge in [0.25, 0.3) is 5.91 Å². The van der Waals surface area contributed by atoms with E-state index < -0.39 is 39.3 Å². The maximum atomic E-state index is 13.9. The Balaban J connectivity index is 2.30. The van der Waals surface area contributed by atoms with Gasteiger partial charge < -0.3 is 10.1 Å². The summed E-state index contributed by atoms with van der Waals surface area (Å²) in [5.41, 5.74) is -2.64. The molecule has 2 rings (SSSR count). The predicted octanol–water partition coefficient (Wildman–Crippen LogP) is 2.17. The third-order valence-electron chi connectivity index (χ3n) is 3.35. The number of hydrogen-bond donors (Lipinski definition) is 1. The Bertz CT molecular complexity index is 586. The average molecular weight is 300 g/mol. The molecule has 0 aliphatic carbocycles. The first-order chi connectivity index (χ1) is 9.84. The van der Waals surface area contributed by atoms with Gasteiger partial charge in [0, 0.05) is 12.7 Å². The van der Waals surface area contributed by atoms with E-state index in [-0.39, 0.29) is 6.61 Å². The fourth-order valence-electron chi connectivity index (χ4n) is 2.26. The second kappa shape index (κ2) is 5.72. The summed E-state index contributed by atoms with van der Waals surface area (Å²) in [5.74, 6) is -3.64. The lowest BCUT2D eigenvalue weighted by Crippen LogP contribution is -2.51. The molecule has 1 aromatic carbocycles. The van der Waals surface area contributed by atoms with Crippen LogP contribution in [0.15, 0.2) is 12.1 Å². The molecule has 0 spiro atoms. The van der Waals surface area contributed by atoms with Crippen molar-refractivity contribution in [3.05, 3.63) is 39.4 Å². The van der Waals surface area contributed by atoms with Crippen molar-refractivity contribution in [2.24, 2.45) is 0 Å². The van der Waals surface area contributed by atoms with Crippen LogP contribution >= 0.6 is 0 Å². The van der Waals surface area contributed by atoms with Gasteiger partial charge in [-0.1, -0.05) is 0 Å². The number of carbonyl (C=O) groups is 1. The molecule has 1 atom stereocenters. The van der Waals surface area contributed by atoms with Crippen LogP contribution in [-0.4, -0.2) is 29.6 Å². The largest absolute Gasteiger partial charge is 0.379 e. The van der Waals surface area contributed by atoms with Crippen molar-refractivity contribution in [2.75, 3.05) is 13.2 Å². The first-order valence-electron chi connectivity index (χ1n) is 6.37. The molecule has 21 heavy (non-hydrogen) atoms. The number of ether oxygens (including phenoxy) is 1. The third kappa shape index (κ3) is 3.15. The second-order valence-corrected chi connectivity index (χ2v) is 5.18. The molecule has 0 saturated carbocycles.